The zero-order valence-electron chi connectivity index (χ0n) is 11.9. The smallest absolute Gasteiger partial charge is 0.120 e. The van der Waals surface area contributed by atoms with E-state index < -0.39 is 0 Å². The van der Waals surface area contributed by atoms with E-state index >= 15 is 0 Å². The molecule has 2 nitrogen and oxygen atoms in total. The number of rotatable bonds is 5. The van der Waals surface area contributed by atoms with Gasteiger partial charge in [0.05, 0.1) is 0 Å². The van der Waals surface area contributed by atoms with Gasteiger partial charge in [0.1, 0.15) is 12.4 Å². The fourth-order valence-electron chi connectivity index (χ4n) is 2.47. The summed E-state index contributed by atoms with van der Waals surface area (Å²) in [6.07, 6.45) is 2.52. The quantitative estimate of drug-likeness (QED) is 0.889. The van der Waals surface area contributed by atoms with Crippen LogP contribution in [0.25, 0.3) is 0 Å². The van der Waals surface area contributed by atoms with Gasteiger partial charge in [-0.1, -0.05) is 36.4 Å². The number of hydrogen-bond acceptors (Lipinski definition) is 2. The molecule has 2 aromatic rings. The van der Waals surface area contributed by atoms with Crippen LogP contribution in [-0.2, 0) is 6.61 Å². The Bertz CT molecular complexity index is 589. The highest BCUT2D eigenvalue weighted by Gasteiger charge is 2.29. The fraction of sp³-hybridized carbons (Fsp3) is 0.333. The minimum absolute atomic E-state index is 0.164. The van der Waals surface area contributed by atoms with Gasteiger partial charge in [-0.15, -0.1) is 0 Å². The number of ether oxygens (including phenoxy) is 1. The third-order valence-corrected chi connectivity index (χ3v) is 4.03. The molecule has 1 fully saturated rings. The van der Waals surface area contributed by atoms with Crippen LogP contribution in [0.2, 0.25) is 0 Å². The van der Waals surface area contributed by atoms with Crippen molar-refractivity contribution < 1.29 is 4.74 Å². The van der Waals surface area contributed by atoms with Gasteiger partial charge in [-0.3, -0.25) is 0 Å². The minimum atomic E-state index is 0.164. The molecule has 2 heteroatoms. The first-order valence-corrected chi connectivity index (χ1v) is 7.27. The molecule has 0 spiro atoms. The molecule has 20 heavy (non-hydrogen) atoms. The van der Waals surface area contributed by atoms with Crippen LogP contribution < -0.4 is 10.5 Å². The molecular formula is C18H21NO. The van der Waals surface area contributed by atoms with Crippen LogP contribution in [0.3, 0.4) is 0 Å². The first kappa shape index (κ1) is 13.2. The Morgan fingerprint density at radius 1 is 1.15 bits per heavy atom. The summed E-state index contributed by atoms with van der Waals surface area (Å²) in [6, 6.07) is 16.7. The van der Waals surface area contributed by atoms with Crippen molar-refractivity contribution in [3.05, 3.63) is 65.2 Å². The summed E-state index contributed by atoms with van der Waals surface area (Å²) < 4.78 is 5.91. The minimum Gasteiger partial charge on any atom is -0.489 e. The predicted octanol–water partition coefficient (Wildman–Crippen LogP) is 3.98. The van der Waals surface area contributed by atoms with Crippen LogP contribution in [0.15, 0.2) is 48.5 Å². The van der Waals surface area contributed by atoms with E-state index in [0.29, 0.717) is 12.5 Å². The monoisotopic (exact) mass is 267 g/mol. The summed E-state index contributed by atoms with van der Waals surface area (Å²) in [5.41, 5.74) is 9.92. The maximum Gasteiger partial charge on any atom is 0.120 e. The van der Waals surface area contributed by atoms with Crippen molar-refractivity contribution in [1.82, 2.24) is 0 Å². The highest BCUT2D eigenvalue weighted by Crippen LogP contribution is 2.39. The Kier molecular flexibility index (Phi) is 3.75. The van der Waals surface area contributed by atoms with Crippen LogP contribution in [-0.4, -0.2) is 0 Å². The van der Waals surface area contributed by atoms with E-state index in [-0.39, 0.29) is 6.04 Å². The molecule has 2 aromatic carbocycles. The van der Waals surface area contributed by atoms with E-state index in [9.17, 15) is 0 Å². The van der Waals surface area contributed by atoms with Crippen LogP contribution in [0.5, 0.6) is 5.75 Å². The average molecular weight is 267 g/mol. The van der Waals surface area contributed by atoms with Gasteiger partial charge in [-0.25, -0.2) is 0 Å². The lowest BCUT2D eigenvalue weighted by Crippen LogP contribution is -2.12. The average Bonchev–Trinajstić information content (AvgIpc) is 3.31. The second kappa shape index (κ2) is 5.68. The van der Waals surface area contributed by atoms with Crippen LogP contribution in [0.1, 0.15) is 35.6 Å². The number of nitrogens with two attached hydrogens (primary N) is 1. The van der Waals surface area contributed by atoms with E-state index in [1.54, 1.807) is 0 Å². The van der Waals surface area contributed by atoms with Gasteiger partial charge in [-0.2, -0.15) is 0 Å². The number of hydrogen-bond donors (Lipinski definition) is 1. The van der Waals surface area contributed by atoms with Crippen LogP contribution in [0.4, 0.5) is 0 Å². The van der Waals surface area contributed by atoms with Crippen molar-refractivity contribution in [2.75, 3.05) is 0 Å². The molecular weight excluding hydrogens is 246 g/mol. The van der Waals surface area contributed by atoms with Crippen molar-refractivity contribution in [1.29, 1.82) is 0 Å². The Morgan fingerprint density at radius 2 is 1.95 bits per heavy atom. The van der Waals surface area contributed by atoms with Crippen molar-refractivity contribution in [3.8, 4) is 5.75 Å². The van der Waals surface area contributed by atoms with Gasteiger partial charge in [0.2, 0.25) is 0 Å². The Labute approximate surface area is 120 Å². The molecule has 0 bridgehead atoms. The second-order valence-electron chi connectivity index (χ2n) is 5.65. The van der Waals surface area contributed by atoms with Gasteiger partial charge in [0, 0.05) is 6.04 Å². The molecule has 0 radical (unpaired) electrons. The van der Waals surface area contributed by atoms with E-state index in [1.807, 2.05) is 24.3 Å². The third kappa shape index (κ3) is 3.02. The summed E-state index contributed by atoms with van der Waals surface area (Å²) in [5.74, 6) is 1.57. The lowest BCUT2D eigenvalue weighted by atomic mass is 10.0. The predicted molar refractivity (Wildman–Crippen MR) is 81.6 cm³/mol. The first-order valence-electron chi connectivity index (χ1n) is 7.27. The number of aryl methyl sites for hydroxylation is 1. The second-order valence-corrected chi connectivity index (χ2v) is 5.65. The van der Waals surface area contributed by atoms with Gasteiger partial charge in [-0.05, 0) is 54.5 Å². The fourth-order valence-corrected chi connectivity index (χ4v) is 2.47. The summed E-state index contributed by atoms with van der Waals surface area (Å²) in [7, 11) is 0. The van der Waals surface area contributed by atoms with E-state index in [1.165, 1.54) is 29.5 Å². The van der Waals surface area contributed by atoms with Crippen LogP contribution in [0, 0.1) is 12.8 Å². The van der Waals surface area contributed by atoms with Gasteiger partial charge >= 0.3 is 0 Å². The highest BCUT2D eigenvalue weighted by molar-refractivity contribution is 5.32. The molecule has 2 N–H and O–H groups in total. The van der Waals surface area contributed by atoms with Gasteiger partial charge in [0.15, 0.2) is 0 Å². The largest absolute Gasteiger partial charge is 0.489 e. The summed E-state index contributed by atoms with van der Waals surface area (Å²) >= 11 is 0. The molecule has 3 rings (SSSR count). The molecule has 0 aromatic heterocycles. The molecule has 0 aliphatic heterocycles. The van der Waals surface area contributed by atoms with Crippen molar-refractivity contribution in [2.24, 2.45) is 11.7 Å². The van der Waals surface area contributed by atoms with Crippen molar-refractivity contribution >= 4 is 0 Å². The summed E-state index contributed by atoms with van der Waals surface area (Å²) in [6.45, 7) is 2.72. The normalized spacial score (nSPS) is 15.9. The Morgan fingerprint density at radius 3 is 2.70 bits per heavy atom. The van der Waals surface area contributed by atoms with E-state index in [4.69, 9.17) is 10.5 Å². The zero-order valence-corrected chi connectivity index (χ0v) is 11.9. The molecule has 1 atom stereocenters. The highest BCUT2D eigenvalue weighted by atomic mass is 16.5. The molecule has 1 unspecified atom stereocenters. The topological polar surface area (TPSA) is 35.2 Å². The van der Waals surface area contributed by atoms with Gasteiger partial charge < -0.3 is 10.5 Å². The van der Waals surface area contributed by atoms with Crippen molar-refractivity contribution in [2.45, 2.75) is 32.4 Å². The SMILES string of the molecule is Cc1ccccc1COc1cccc(C(N)C2CC2)c1. The lowest BCUT2D eigenvalue weighted by molar-refractivity contribution is 0.305. The number of benzene rings is 2. The van der Waals surface area contributed by atoms with Crippen molar-refractivity contribution in [3.63, 3.8) is 0 Å². The Balaban J connectivity index is 1.68. The standard InChI is InChI=1S/C18H21NO/c1-13-5-2-3-6-16(13)12-20-17-8-4-7-15(11-17)18(19)14-9-10-14/h2-8,11,14,18H,9-10,12,19H2,1H3. The molecule has 1 saturated carbocycles. The molecule has 1 aliphatic rings. The Hall–Kier alpha value is -1.80. The lowest BCUT2D eigenvalue weighted by Gasteiger charge is -2.13. The van der Waals surface area contributed by atoms with Gasteiger partial charge in [0.25, 0.3) is 0 Å². The molecule has 0 heterocycles. The van der Waals surface area contributed by atoms with E-state index in [2.05, 4.69) is 31.2 Å². The molecule has 104 valence electrons. The molecule has 0 saturated heterocycles. The third-order valence-electron chi connectivity index (χ3n) is 4.03. The maximum absolute atomic E-state index is 6.25. The van der Waals surface area contributed by atoms with Crippen LogP contribution >= 0.6 is 0 Å². The molecule has 1 aliphatic carbocycles. The maximum atomic E-state index is 6.25. The molecule has 0 amide bonds. The first-order chi connectivity index (χ1) is 9.74. The van der Waals surface area contributed by atoms with E-state index in [0.717, 1.165) is 5.75 Å². The summed E-state index contributed by atoms with van der Waals surface area (Å²) in [5, 5.41) is 0. The summed E-state index contributed by atoms with van der Waals surface area (Å²) in [4.78, 5) is 0. The zero-order chi connectivity index (χ0) is 13.9.